The number of rotatable bonds is 14. The van der Waals surface area contributed by atoms with Gasteiger partial charge in [0, 0.05) is 22.2 Å². The number of alkyl halides is 3. The lowest BCUT2D eigenvalue weighted by atomic mass is 9.83. The summed E-state index contributed by atoms with van der Waals surface area (Å²) in [6.07, 6.45) is -3.81. The number of sulfonamides is 1. The van der Waals surface area contributed by atoms with E-state index >= 15 is 13.2 Å². The number of aliphatic hydroxyl groups is 1. The molecule has 5 aromatic rings. The Morgan fingerprint density at radius 3 is 2.06 bits per heavy atom. The molecule has 2 amide bonds. The number of fused-ring (bicyclic) bond motifs is 1. The van der Waals surface area contributed by atoms with Crippen molar-refractivity contribution < 1.29 is 41.0 Å². The minimum Gasteiger partial charge on any atom is -0.453 e. The predicted molar refractivity (Wildman–Crippen MR) is 196 cm³/mol. The number of nitrogens with two attached hydrogens (primary N) is 1. The smallest absolute Gasteiger partial charge is 0.414 e. The summed E-state index contributed by atoms with van der Waals surface area (Å²) in [5.74, 6) is -2.37. The third-order valence-electron chi connectivity index (χ3n) is 8.90. The van der Waals surface area contributed by atoms with E-state index < -0.39 is 63.7 Å². The number of nitrogens with zero attached hydrogens (tertiary/aromatic N) is 5. The van der Waals surface area contributed by atoms with Crippen molar-refractivity contribution in [3.63, 3.8) is 0 Å². The van der Waals surface area contributed by atoms with E-state index in [1.165, 1.54) is 35.2 Å². The van der Waals surface area contributed by atoms with Gasteiger partial charge in [-0.1, -0.05) is 81.4 Å². The molecular formula is C37H41F3N6O6S2. The van der Waals surface area contributed by atoms with E-state index in [2.05, 4.69) is 10.1 Å². The summed E-state index contributed by atoms with van der Waals surface area (Å²) in [6, 6.07) is 15.6. The number of ether oxygens (including phenoxy) is 1. The Kier molecular flexibility index (Phi) is 12.1. The number of benzene rings is 2. The van der Waals surface area contributed by atoms with Gasteiger partial charge < -0.3 is 15.6 Å². The molecule has 0 unspecified atom stereocenters. The number of hydrogen-bond donors (Lipinski definition) is 2. The summed E-state index contributed by atoms with van der Waals surface area (Å²) < 4.78 is 82.3. The SMILES string of the molecule is COC(=O)N([C@H](C(N)=O)C(c1ccccc1)c1ccccc1)[C@H](c1ccc([C@@H](CO)N(CCC(C)(C)C)S(=O)(=O)c2ccc3ncnn3c2)s1)C(F)(F)F. The zero-order valence-electron chi connectivity index (χ0n) is 29.9. The average Bonchev–Trinajstić information content (AvgIpc) is 3.80. The number of carbonyl (C=O) groups excluding carboxylic acids is 2. The molecule has 3 heterocycles. The van der Waals surface area contributed by atoms with Gasteiger partial charge in [0.15, 0.2) is 11.7 Å². The molecule has 0 aliphatic rings. The number of aliphatic hydroxyl groups excluding tert-OH is 1. The van der Waals surface area contributed by atoms with Gasteiger partial charge in [-0.2, -0.15) is 22.6 Å². The number of amides is 2. The van der Waals surface area contributed by atoms with Crippen molar-refractivity contribution in [1.29, 1.82) is 0 Å². The minimum absolute atomic E-state index is 0.0594. The summed E-state index contributed by atoms with van der Waals surface area (Å²) >= 11 is 0.551. The lowest BCUT2D eigenvalue weighted by Gasteiger charge is -2.39. The normalized spacial score (nSPS) is 14.3. The summed E-state index contributed by atoms with van der Waals surface area (Å²) in [5.41, 5.74) is 6.76. The molecule has 3 aromatic heterocycles. The number of methoxy groups -OCH3 is 1. The standard InChI is InChI=1S/C37H41F3N6O6S2/c1-36(2,3)19-20-45(54(50,51)26-15-18-30-42-23-43-44(30)21-26)27(22-47)28-16-17-29(53-28)33(37(38,39)40)46(35(49)52-4)32(34(41)48)31(24-11-7-5-8-12-24)25-13-9-6-10-14-25/h5-18,21,23,27,31-33,47H,19-20,22H2,1-4H3,(H2,41,48)/t27-,32+,33-/m1/s1. The van der Waals surface area contributed by atoms with Crippen molar-refractivity contribution in [3.8, 4) is 0 Å². The molecule has 0 fully saturated rings. The lowest BCUT2D eigenvalue weighted by Crippen LogP contribution is -2.55. The minimum atomic E-state index is -5.19. The number of thiophene rings is 1. The van der Waals surface area contributed by atoms with Crippen LogP contribution in [0.1, 0.15) is 66.1 Å². The van der Waals surface area contributed by atoms with Crippen LogP contribution in [-0.4, -0.2) is 81.8 Å². The molecule has 2 aromatic carbocycles. The number of carbonyl (C=O) groups is 2. The molecule has 3 atom stereocenters. The molecule has 17 heteroatoms. The summed E-state index contributed by atoms with van der Waals surface area (Å²) in [4.78, 5) is 30.8. The van der Waals surface area contributed by atoms with Crippen LogP contribution < -0.4 is 5.73 Å². The molecule has 5 rings (SSSR count). The first-order valence-electron chi connectivity index (χ1n) is 16.8. The van der Waals surface area contributed by atoms with Gasteiger partial charge in [-0.15, -0.1) is 11.3 Å². The summed E-state index contributed by atoms with van der Waals surface area (Å²) in [5, 5.41) is 14.8. The maximum atomic E-state index is 15.5. The molecule has 0 saturated carbocycles. The largest absolute Gasteiger partial charge is 0.453 e. The quantitative estimate of drug-likeness (QED) is 0.133. The first-order chi connectivity index (χ1) is 25.5. The van der Waals surface area contributed by atoms with Crippen LogP contribution in [0.15, 0.2) is 102 Å². The maximum Gasteiger partial charge on any atom is 0.414 e. The Morgan fingerprint density at radius 2 is 1.54 bits per heavy atom. The lowest BCUT2D eigenvalue weighted by molar-refractivity contribution is -0.186. The van der Waals surface area contributed by atoms with E-state index in [1.807, 2.05) is 20.8 Å². The fraction of sp³-hybridized carbons (Fsp3) is 0.351. The van der Waals surface area contributed by atoms with Crippen LogP contribution in [-0.2, 0) is 19.6 Å². The van der Waals surface area contributed by atoms with Gasteiger partial charge in [0.05, 0.1) is 26.0 Å². The van der Waals surface area contributed by atoms with Gasteiger partial charge in [-0.3, -0.25) is 9.69 Å². The van der Waals surface area contributed by atoms with Crippen LogP contribution in [0.5, 0.6) is 0 Å². The van der Waals surface area contributed by atoms with Gasteiger partial charge in [0.2, 0.25) is 15.9 Å². The number of hydrogen-bond acceptors (Lipinski definition) is 9. The second-order valence-electron chi connectivity index (χ2n) is 13.8. The van der Waals surface area contributed by atoms with E-state index in [0.717, 1.165) is 17.5 Å². The molecule has 12 nitrogen and oxygen atoms in total. The number of halogens is 3. The Morgan fingerprint density at radius 1 is 0.944 bits per heavy atom. The van der Waals surface area contributed by atoms with E-state index in [0.29, 0.717) is 39.4 Å². The van der Waals surface area contributed by atoms with Crippen LogP contribution >= 0.6 is 11.3 Å². The highest BCUT2D eigenvalue weighted by molar-refractivity contribution is 7.89. The molecule has 288 valence electrons. The fourth-order valence-electron chi connectivity index (χ4n) is 6.27. The third kappa shape index (κ3) is 8.75. The van der Waals surface area contributed by atoms with Crippen molar-refractivity contribution in [3.05, 3.63) is 118 Å². The molecule has 0 radical (unpaired) electrons. The average molecular weight is 787 g/mol. The molecule has 0 bridgehead atoms. The van der Waals surface area contributed by atoms with Gasteiger partial charge in [0.1, 0.15) is 17.3 Å². The highest BCUT2D eigenvalue weighted by Crippen LogP contribution is 2.46. The molecule has 0 aliphatic carbocycles. The summed E-state index contributed by atoms with van der Waals surface area (Å²) in [6.45, 7) is 4.81. The second-order valence-corrected chi connectivity index (χ2v) is 16.8. The van der Waals surface area contributed by atoms with Crippen LogP contribution in [0.2, 0.25) is 0 Å². The Bertz CT molecular complexity index is 2120. The van der Waals surface area contributed by atoms with Gasteiger partial charge >= 0.3 is 12.3 Å². The number of primary amides is 1. The first-order valence-corrected chi connectivity index (χ1v) is 19.1. The van der Waals surface area contributed by atoms with Crippen molar-refractivity contribution in [2.75, 3.05) is 20.3 Å². The van der Waals surface area contributed by atoms with E-state index in [1.54, 1.807) is 60.7 Å². The Balaban J connectivity index is 1.64. The highest BCUT2D eigenvalue weighted by Gasteiger charge is 2.53. The van der Waals surface area contributed by atoms with Crippen LogP contribution in [0.4, 0.5) is 18.0 Å². The molecule has 3 N–H and O–H groups in total. The van der Waals surface area contributed by atoms with Crippen molar-refractivity contribution >= 4 is 39.0 Å². The third-order valence-corrected chi connectivity index (χ3v) is 12.0. The predicted octanol–water partition coefficient (Wildman–Crippen LogP) is 6.31. The molecular weight excluding hydrogens is 746 g/mol. The number of aromatic nitrogens is 3. The van der Waals surface area contributed by atoms with Gasteiger partial charge in [-0.25, -0.2) is 22.7 Å². The zero-order chi connectivity index (χ0) is 39.4. The van der Waals surface area contributed by atoms with Crippen molar-refractivity contribution in [2.24, 2.45) is 11.1 Å². The second kappa shape index (κ2) is 16.3. The Hall–Kier alpha value is -4.84. The Labute approximate surface area is 315 Å². The van der Waals surface area contributed by atoms with Crippen LogP contribution in [0, 0.1) is 5.41 Å². The topological polar surface area (TPSA) is 160 Å². The zero-order valence-corrected chi connectivity index (χ0v) is 31.6. The fourth-order valence-corrected chi connectivity index (χ4v) is 9.17. The molecule has 0 aliphatic heterocycles. The monoisotopic (exact) mass is 786 g/mol. The molecule has 54 heavy (non-hydrogen) atoms. The van der Waals surface area contributed by atoms with E-state index in [-0.39, 0.29) is 21.7 Å². The van der Waals surface area contributed by atoms with Crippen molar-refractivity contribution in [1.82, 2.24) is 23.8 Å². The van der Waals surface area contributed by atoms with Crippen LogP contribution in [0.3, 0.4) is 0 Å². The first kappa shape index (κ1) is 40.3. The van der Waals surface area contributed by atoms with E-state index in [4.69, 9.17) is 10.5 Å². The highest BCUT2D eigenvalue weighted by atomic mass is 32.2. The number of pyridine rings is 1. The van der Waals surface area contributed by atoms with Crippen molar-refractivity contribution in [2.45, 2.75) is 62.3 Å². The van der Waals surface area contributed by atoms with Gasteiger partial charge in [-0.05, 0) is 47.2 Å². The van der Waals surface area contributed by atoms with E-state index in [9.17, 15) is 23.1 Å². The molecule has 0 saturated heterocycles. The van der Waals surface area contributed by atoms with Crippen LogP contribution in [0.25, 0.3) is 5.65 Å². The maximum absolute atomic E-state index is 15.5. The van der Waals surface area contributed by atoms with Gasteiger partial charge in [0.25, 0.3) is 0 Å². The summed E-state index contributed by atoms with van der Waals surface area (Å²) in [7, 11) is -3.50. The molecule has 0 spiro atoms.